The Bertz CT molecular complexity index is 2370. The fraction of sp³-hybridized carbons (Fsp3) is 0.545. The lowest BCUT2D eigenvalue weighted by Gasteiger charge is -2.49. The quantitative estimate of drug-likeness (QED) is 0.136. The molecule has 0 spiro atoms. The van der Waals surface area contributed by atoms with Crippen LogP contribution in [-0.2, 0) is 9.47 Å². The van der Waals surface area contributed by atoms with Crippen molar-refractivity contribution in [2.75, 3.05) is 45.0 Å². The van der Waals surface area contributed by atoms with Crippen LogP contribution >= 0.6 is 0 Å². The highest BCUT2D eigenvalue weighted by Crippen LogP contribution is 2.50. The number of terminal acetylenes is 1. The number of halogens is 3. The van der Waals surface area contributed by atoms with Gasteiger partial charge in [-0.3, -0.25) is 9.80 Å². The summed E-state index contributed by atoms with van der Waals surface area (Å²) < 4.78 is 71.5. The predicted molar refractivity (Wildman–Crippen MR) is 213 cm³/mol. The molecule has 2 aromatic carbocycles. The lowest BCUT2D eigenvalue weighted by molar-refractivity contribution is 0.00426. The van der Waals surface area contributed by atoms with Crippen molar-refractivity contribution in [2.24, 2.45) is 5.92 Å². The second-order valence-electron chi connectivity index (χ2n) is 17.7. The summed E-state index contributed by atoms with van der Waals surface area (Å²) in [4.78, 5) is 35.1. The number of alkyl halides is 1. The second kappa shape index (κ2) is 14.2. The maximum Gasteiger partial charge on any atom is 0.410 e. The van der Waals surface area contributed by atoms with Gasteiger partial charge in [-0.2, -0.15) is 9.97 Å². The highest BCUT2D eigenvalue weighted by Gasteiger charge is 2.54. The molecule has 9 rings (SSSR count). The summed E-state index contributed by atoms with van der Waals surface area (Å²) in [5, 5.41) is 1.28. The summed E-state index contributed by atoms with van der Waals surface area (Å²) in [6, 6.07) is 5.47. The van der Waals surface area contributed by atoms with Crippen molar-refractivity contribution in [1.82, 2.24) is 24.8 Å². The third kappa shape index (κ3) is 6.19. The Hall–Kier alpha value is -4.87. The third-order valence-corrected chi connectivity index (χ3v) is 13.1. The van der Waals surface area contributed by atoms with Gasteiger partial charge in [0.25, 0.3) is 0 Å². The van der Waals surface area contributed by atoms with Crippen LogP contribution in [0.4, 0.5) is 23.8 Å². The van der Waals surface area contributed by atoms with E-state index < -0.39 is 28.9 Å². The summed E-state index contributed by atoms with van der Waals surface area (Å²) in [7, 11) is 1.49. The predicted octanol–water partition coefficient (Wildman–Crippen LogP) is 7.75. The van der Waals surface area contributed by atoms with Gasteiger partial charge in [0, 0.05) is 43.5 Å². The molecule has 7 heterocycles. The van der Waals surface area contributed by atoms with Gasteiger partial charge in [-0.05, 0) is 82.5 Å². The van der Waals surface area contributed by atoms with E-state index in [9.17, 15) is 9.18 Å². The number of pyridine rings is 1. The molecule has 0 aliphatic carbocycles. The molecule has 0 unspecified atom stereocenters. The Balaban J connectivity index is 1.25. The fourth-order valence-corrected chi connectivity index (χ4v) is 10.5. The third-order valence-electron chi connectivity index (χ3n) is 13.1. The molecule has 7 atom stereocenters. The highest BCUT2D eigenvalue weighted by molar-refractivity contribution is 6.04. The number of benzene rings is 2. The zero-order chi connectivity index (χ0) is 40.8. The number of anilines is 1. The van der Waals surface area contributed by atoms with Crippen LogP contribution in [-0.4, -0.2) is 106 Å². The van der Waals surface area contributed by atoms with Gasteiger partial charge in [0.15, 0.2) is 12.6 Å². The molecule has 2 aromatic heterocycles. The van der Waals surface area contributed by atoms with Gasteiger partial charge in [-0.1, -0.05) is 25.8 Å². The largest absolute Gasteiger partial charge is 0.468 e. The smallest absolute Gasteiger partial charge is 0.410 e. The van der Waals surface area contributed by atoms with Crippen LogP contribution in [0.2, 0.25) is 0 Å². The topological polar surface area (TPSA) is 102 Å². The molecule has 1 amide bonds. The second-order valence-corrected chi connectivity index (χ2v) is 17.7. The van der Waals surface area contributed by atoms with E-state index in [0.717, 1.165) is 32.2 Å². The molecule has 11 nitrogen and oxygen atoms in total. The molecular weight excluding hydrogens is 750 g/mol. The first-order valence-electron chi connectivity index (χ1n) is 20.3. The number of nitrogens with zero attached hydrogens (tertiary/aromatic N) is 6. The first kappa shape index (κ1) is 38.6. The van der Waals surface area contributed by atoms with Crippen molar-refractivity contribution in [3.05, 3.63) is 47.2 Å². The van der Waals surface area contributed by atoms with Gasteiger partial charge in [0.1, 0.15) is 47.0 Å². The van der Waals surface area contributed by atoms with Crippen LogP contribution in [0, 0.1) is 29.9 Å². The Morgan fingerprint density at radius 1 is 1.07 bits per heavy atom. The molecule has 0 saturated carbocycles. The lowest BCUT2D eigenvalue weighted by atomic mass is 9.81. The monoisotopic (exact) mass is 798 g/mol. The van der Waals surface area contributed by atoms with E-state index in [0.29, 0.717) is 52.9 Å². The number of rotatable bonds is 7. The summed E-state index contributed by atoms with van der Waals surface area (Å²) in [6.45, 7) is 11.4. The number of ether oxygens (including phenoxy) is 4. The molecule has 0 radical (unpaired) electrons. The summed E-state index contributed by atoms with van der Waals surface area (Å²) in [5.41, 5.74) is -0.519. The van der Waals surface area contributed by atoms with E-state index in [4.69, 9.17) is 40.3 Å². The number of amides is 1. The minimum atomic E-state index is -0.962. The zero-order valence-electron chi connectivity index (χ0n) is 33.8. The number of methoxy groups -OCH3 is 1. The van der Waals surface area contributed by atoms with Crippen LogP contribution in [0.3, 0.4) is 0 Å². The van der Waals surface area contributed by atoms with E-state index in [1.807, 2.05) is 25.7 Å². The van der Waals surface area contributed by atoms with Gasteiger partial charge < -0.3 is 23.8 Å². The van der Waals surface area contributed by atoms with Gasteiger partial charge in [0.2, 0.25) is 0 Å². The standard InChI is InChI=1S/C44H49F3N6O5/c1-8-29-31(46)12-10-25-16-28(57-22-55-7)17-30(33(25)29)37-35(47)38-34-36(48-37)23(2)24(3)39-32-13-11-27(53(32)42(54)58-43(4,5)6)20-52(39)40(34)50-41(49-38)56-21-44-14-9-15-51(44)19-26(45)18-44/h1,10,12,16-17,23-24,26-27,32,39H,9,11,13-15,18-22H2,2-7H3/t23-,24+,26-,27-,32+,39+,44+/m1/s1. The normalized spacial score (nSPS) is 27.7. The number of hydrogen-bond donors (Lipinski definition) is 0. The number of fused-ring (bicyclic) bond motifs is 7. The molecule has 2 bridgehead atoms. The zero-order valence-corrected chi connectivity index (χ0v) is 33.8. The molecular formula is C44H49F3N6O5. The first-order chi connectivity index (χ1) is 27.7. The number of hydrogen-bond acceptors (Lipinski definition) is 10. The Kier molecular flexibility index (Phi) is 9.43. The van der Waals surface area contributed by atoms with Crippen LogP contribution < -0.4 is 14.4 Å². The number of carbonyl (C=O) groups excluding carboxylic acids is 1. The van der Waals surface area contributed by atoms with Crippen LogP contribution in [0.25, 0.3) is 32.9 Å². The minimum Gasteiger partial charge on any atom is -0.468 e. The number of carbonyl (C=O) groups is 1. The van der Waals surface area contributed by atoms with E-state index >= 15 is 8.78 Å². The van der Waals surface area contributed by atoms with Crippen molar-refractivity contribution >= 4 is 33.6 Å². The molecule has 14 heteroatoms. The molecule has 306 valence electrons. The Labute approximate surface area is 336 Å². The molecule has 5 aliphatic heterocycles. The van der Waals surface area contributed by atoms with Gasteiger partial charge in [0.05, 0.1) is 40.3 Å². The molecule has 4 fully saturated rings. The number of piperazine rings is 1. The molecule has 58 heavy (non-hydrogen) atoms. The summed E-state index contributed by atoms with van der Waals surface area (Å²) >= 11 is 0. The van der Waals surface area contributed by atoms with E-state index in [1.165, 1.54) is 13.2 Å². The lowest BCUT2D eigenvalue weighted by Crippen LogP contribution is -2.64. The Morgan fingerprint density at radius 3 is 2.64 bits per heavy atom. The molecule has 5 aliphatic rings. The average molecular weight is 799 g/mol. The van der Waals surface area contributed by atoms with Gasteiger partial charge in [-0.25, -0.2) is 22.9 Å². The van der Waals surface area contributed by atoms with Crippen molar-refractivity contribution in [3.63, 3.8) is 0 Å². The van der Waals surface area contributed by atoms with Gasteiger partial charge in [-0.15, -0.1) is 6.42 Å². The number of aromatic nitrogens is 3. The summed E-state index contributed by atoms with van der Waals surface area (Å²) in [6.07, 6.45) is 8.17. The van der Waals surface area contributed by atoms with Crippen molar-refractivity contribution in [3.8, 4) is 35.4 Å². The van der Waals surface area contributed by atoms with E-state index in [-0.39, 0.29) is 77.8 Å². The van der Waals surface area contributed by atoms with Crippen LogP contribution in [0.1, 0.15) is 83.9 Å². The fourth-order valence-electron chi connectivity index (χ4n) is 10.5. The maximum absolute atomic E-state index is 17.8. The average Bonchev–Trinajstić information content (AvgIpc) is 3.81. The highest BCUT2D eigenvalue weighted by atomic mass is 19.1. The van der Waals surface area contributed by atoms with Crippen LogP contribution in [0.15, 0.2) is 24.3 Å². The molecule has 4 saturated heterocycles. The Morgan fingerprint density at radius 2 is 1.88 bits per heavy atom. The van der Waals surface area contributed by atoms with E-state index in [1.54, 1.807) is 18.2 Å². The molecule has 0 N–H and O–H groups in total. The maximum atomic E-state index is 17.8. The SMILES string of the molecule is C#Cc1c(F)ccc2cc(OCOC)cc(-c3nc4c5c(nc(OC[C@@]67CCCN6C[C@H](F)C7)nc5c3F)N3C[C@H]5CC[C@@H]([C@@H]3[C@@H](C)[C@H]4C)N5C(=O)OC(C)(C)C)c12. The minimum absolute atomic E-state index is 0.00721. The van der Waals surface area contributed by atoms with Crippen molar-refractivity contribution in [1.29, 1.82) is 0 Å². The van der Waals surface area contributed by atoms with Crippen molar-refractivity contribution < 1.29 is 36.9 Å². The summed E-state index contributed by atoms with van der Waals surface area (Å²) in [5.74, 6) is 1.48. The van der Waals surface area contributed by atoms with Gasteiger partial charge >= 0.3 is 12.1 Å². The first-order valence-corrected chi connectivity index (χ1v) is 20.3. The van der Waals surface area contributed by atoms with Crippen molar-refractivity contribution in [2.45, 2.75) is 108 Å². The van der Waals surface area contributed by atoms with E-state index in [2.05, 4.69) is 29.6 Å². The van der Waals surface area contributed by atoms with Crippen LogP contribution in [0.5, 0.6) is 11.8 Å². The molecule has 4 aromatic rings.